The summed E-state index contributed by atoms with van der Waals surface area (Å²) in [5.74, 6) is 0.988. The zero-order valence-corrected chi connectivity index (χ0v) is 12.4. The number of aromatic nitrogens is 1. The summed E-state index contributed by atoms with van der Waals surface area (Å²) in [6.07, 6.45) is 6.93. The van der Waals surface area contributed by atoms with Crippen molar-refractivity contribution in [2.24, 2.45) is 0 Å². The summed E-state index contributed by atoms with van der Waals surface area (Å²) < 4.78 is 8.13. The summed E-state index contributed by atoms with van der Waals surface area (Å²) in [6, 6.07) is 9.18. The molecule has 0 saturated carbocycles. The molecule has 1 aromatic heterocycles. The number of hydrogen-bond donors (Lipinski definition) is 0. The summed E-state index contributed by atoms with van der Waals surface area (Å²) in [7, 11) is 0. The van der Waals surface area contributed by atoms with Gasteiger partial charge in [0.1, 0.15) is 5.75 Å². The summed E-state index contributed by atoms with van der Waals surface area (Å²) in [6.45, 7) is 7.52. The van der Waals surface area contributed by atoms with Crippen LogP contribution in [0.25, 0.3) is 10.9 Å². The van der Waals surface area contributed by atoms with Gasteiger partial charge in [-0.15, -0.1) is 0 Å². The molecule has 2 rings (SSSR count). The van der Waals surface area contributed by atoms with Crippen LogP contribution in [0.5, 0.6) is 5.75 Å². The summed E-state index contributed by atoms with van der Waals surface area (Å²) in [5, 5.41) is 1.27. The molecule has 19 heavy (non-hydrogen) atoms. The molecule has 0 aliphatic carbocycles. The Labute approximate surface area is 116 Å². The fourth-order valence-corrected chi connectivity index (χ4v) is 2.51. The Kier molecular flexibility index (Phi) is 4.89. The Morgan fingerprint density at radius 2 is 2.00 bits per heavy atom. The van der Waals surface area contributed by atoms with Crippen LogP contribution in [0.3, 0.4) is 0 Å². The summed E-state index contributed by atoms with van der Waals surface area (Å²) in [5.41, 5.74) is 1.31. The predicted octanol–water partition coefficient (Wildman–Crippen LogP) is 5.18. The van der Waals surface area contributed by atoms with Gasteiger partial charge in [-0.2, -0.15) is 0 Å². The van der Waals surface area contributed by atoms with Crippen molar-refractivity contribution in [3.05, 3.63) is 30.5 Å². The number of rotatable bonds is 7. The molecular formula is C17H25NO. The molecule has 104 valence electrons. The van der Waals surface area contributed by atoms with Crippen molar-refractivity contribution >= 4 is 10.9 Å². The first-order valence-electron chi connectivity index (χ1n) is 7.49. The minimum atomic E-state index is 0.564. The highest BCUT2D eigenvalue weighted by Crippen LogP contribution is 2.26. The van der Waals surface area contributed by atoms with Crippen LogP contribution < -0.4 is 4.74 Å². The average Bonchev–Trinajstić information content (AvgIpc) is 2.82. The Morgan fingerprint density at radius 1 is 1.16 bits per heavy atom. The second-order valence-electron chi connectivity index (χ2n) is 5.28. The van der Waals surface area contributed by atoms with E-state index in [-0.39, 0.29) is 0 Å². The molecule has 1 heterocycles. The molecule has 1 atom stereocenters. The molecule has 2 aromatic rings. The van der Waals surface area contributed by atoms with Crippen LogP contribution in [0.15, 0.2) is 30.5 Å². The van der Waals surface area contributed by atoms with Gasteiger partial charge in [0.05, 0.1) is 6.61 Å². The third-order valence-electron chi connectivity index (χ3n) is 3.64. The maximum atomic E-state index is 5.76. The van der Waals surface area contributed by atoms with E-state index < -0.39 is 0 Å². The Bertz CT molecular complexity index is 515. The fourth-order valence-electron chi connectivity index (χ4n) is 2.51. The Hall–Kier alpha value is -1.44. The van der Waals surface area contributed by atoms with E-state index in [1.807, 2.05) is 0 Å². The third-order valence-corrected chi connectivity index (χ3v) is 3.64. The smallest absolute Gasteiger partial charge is 0.120 e. The molecule has 0 bridgehead atoms. The first kappa shape index (κ1) is 14.0. The maximum absolute atomic E-state index is 5.76. The highest BCUT2D eigenvalue weighted by molar-refractivity contribution is 5.81. The molecule has 0 saturated heterocycles. The topological polar surface area (TPSA) is 14.2 Å². The van der Waals surface area contributed by atoms with Gasteiger partial charge in [-0.3, -0.25) is 0 Å². The van der Waals surface area contributed by atoms with Gasteiger partial charge in [0.2, 0.25) is 0 Å². The molecule has 2 nitrogen and oxygen atoms in total. The molecule has 0 radical (unpaired) electrons. The number of hydrogen-bond acceptors (Lipinski definition) is 1. The standard InChI is InChI=1S/C17H25NO/c1-4-6-12-19-16-8-9-17-15(13-16)10-11-18(17)14(3)7-5-2/h8-11,13-14H,4-7,12H2,1-3H3. The van der Waals surface area contributed by atoms with E-state index >= 15 is 0 Å². The van der Waals surface area contributed by atoms with Crippen molar-refractivity contribution in [2.75, 3.05) is 6.61 Å². The zero-order chi connectivity index (χ0) is 13.7. The first-order chi connectivity index (χ1) is 9.26. The van der Waals surface area contributed by atoms with Crippen LogP contribution in [-0.4, -0.2) is 11.2 Å². The van der Waals surface area contributed by atoms with E-state index in [9.17, 15) is 0 Å². The van der Waals surface area contributed by atoms with Crippen molar-refractivity contribution in [3.8, 4) is 5.75 Å². The van der Waals surface area contributed by atoms with Crippen LogP contribution in [0.4, 0.5) is 0 Å². The van der Waals surface area contributed by atoms with Crippen molar-refractivity contribution in [1.29, 1.82) is 0 Å². The van der Waals surface area contributed by atoms with Gasteiger partial charge in [0.15, 0.2) is 0 Å². The molecule has 1 unspecified atom stereocenters. The van der Waals surface area contributed by atoms with E-state index in [1.54, 1.807) is 0 Å². The van der Waals surface area contributed by atoms with Gasteiger partial charge in [-0.1, -0.05) is 26.7 Å². The second kappa shape index (κ2) is 6.65. The molecule has 0 spiro atoms. The molecule has 0 fully saturated rings. The van der Waals surface area contributed by atoms with Crippen molar-refractivity contribution in [1.82, 2.24) is 4.57 Å². The van der Waals surface area contributed by atoms with E-state index in [1.165, 1.54) is 30.2 Å². The zero-order valence-electron chi connectivity index (χ0n) is 12.4. The number of nitrogens with zero attached hydrogens (tertiary/aromatic N) is 1. The van der Waals surface area contributed by atoms with Crippen LogP contribution in [-0.2, 0) is 0 Å². The van der Waals surface area contributed by atoms with E-state index in [0.717, 1.165) is 18.8 Å². The Morgan fingerprint density at radius 3 is 2.74 bits per heavy atom. The van der Waals surface area contributed by atoms with Crippen LogP contribution in [0.2, 0.25) is 0 Å². The molecule has 2 heteroatoms. The average molecular weight is 259 g/mol. The van der Waals surface area contributed by atoms with Crippen molar-refractivity contribution in [2.45, 2.75) is 52.5 Å². The van der Waals surface area contributed by atoms with Gasteiger partial charge in [0.25, 0.3) is 0 Å². The highest BCUT2D eigenvalue weighted by Gasteiger charge is 2.08. The van der Waals surface area contributed by atoms with Gasteiger partial charge in [-0.05, 0) is 44.0 Å². The summed E-state index contributed by atoms with van der Waals surface area (Å²) >= 11 is 0. The van der Waals surface area contributed by atoms with Crippen LogP contribution >= 0.6 is 0 Å². The predicted molar refractivity (Wildman–Crippen MR) is 82.0 cm³/mol. The van der Waals surface area contributed by atoms with Crippen LogP contribution in [0, 0.1) is 0 Å². The van der Waals surface area contributed by atoms with Gasteiger partial charge < -0.3 is 9.30 Å². The number of benzene rings is 1. The van der Waals surface area contributed by atoms with E-state index in [0.29, 0.717) is 6.04 Å². The first-order valence-corrected chi connectivity index (χ1v) is 7.49. The quantitative estimate of drug-likeness (QED) is 0.625. The lowest BCUT2D eigenvalue weighted by Gasteiger charge is -2.14. The fraction of sp³-hybridized carbons (Fsp3) is 0.529. The van der Waals surface area contributed by atoms with Crippen LogP contribution in [0.1, 0.15) is 52.5 Å². The molecule has 0 N–H and O–H groups in total. The summed E-state index contributed by atoms with van der Waals surface area (Å²) in [4.78, 5) is 0. The minimum absolute atomic E-state index is 0.564. The lowest BCUT2D eigenvalue weighted by Crippen LogP contribution is -2.02. The van der Waals surface area contributed by atoms with Gasteiger partial charge in [0, 0.05) is 23.1 Å². The van der Waals surface area contributed by atoms with Gasteiger partial charge in [-0.25, -0.2) is 0 Å². The molecular weight excluding hydrogens is 234 g/mol. The SMILES string of the molecule is CCCCOc1ccc2c(ccn2C(C)CCC)c1. The van der Waals surface area contributed by atoms with Crippen molar-refractivity contribution in [3.63, 3.8) is 0 Å². The van der Waals surface area contributed by atoms with E-state index in [4.69, 9.17) is 4.74 Å². The number of ether oxygens (including phenoxy) is 1. The lowest BCUT2D eigenvalue weighted by molar-refractivity contribution is 0.310. The molecule has 0 aliphatic heterocycles. The van der Waals surface area contributed by atoms with Gasteiger partial charge >= 0.3 is 0 Å². The monoisotopic (exact) mass is 259 g/mol. The largest absolute Gasteiger partial charge is 0.494 e. The minimum Gasteiger partial charge on any atom is -0.494 e. The number of fused-ring (bicyclic) bond motifs is 1. The molecule has 0 aliphatic rings. The molecule has 1 aromatic carbocycles. The Balaban J connectivity index is 2.16. The normalized spacial score (nSPS) is 12.8. The maximum Gasteiger partial charge on any atom is 0.120 e. The number of unbranched alkanes of at least 4 members (excludes halogenated alkanes) is 1. The third kappa shape index (κ3) is 3.31. The molecule has 0 amide bonds. The second-order valence-corrected chi connectivity index (χ2v) is 5.28. The highest BCUT2D eigenvalue weighted by atomic mass is 16.5. The van der Waals surface area contributed by atoms with E-state index in [2.05, 4.69) is 55.8 Å². The van der Waals surface area contributed by atoms with Crippen molar-refractivity contribution < 1.29 is 4.74 Å². The lowest BCUT2D eigenvalue weighted by atomic mass is 10.2.